The Morgan fingerprint density at radius 2 is 1.80 bits per heavy atom. The Morgan fingerprint density at radius 1 is 1.04 bits per heavy atom. The topological polar surface area (TPSA) is 68.0 Å². The summed E-state index contributed by atoms with van der Waals surface area (Å²) in [5, 5.41) is 10.5. The van der Waals surface area contributed by atoms with Crippen LogP contribution in [0.3, 0.4) is 0 Å². The number of rotatable bonds is 7. The number of nitrogens with zero attached hydrogens (tertiary/aromatic N) is 2. The zero-order valence-corrected chi connectivity index (χ0v) is 15.3. The van der Waals surface area contributed by atoms with Crippen molar-refractivity contribution in [2.75, 3.05) is 17.3 Å². The van der Waals surface area contributed by atoms with Crippen molar-refractivity contribution in [2.45, 2.75) is 16.2 Å². The Balaban J connectivity index is 1.51. The van der Waals surface area contributed by atoms with Crippen LogP contribution >= 0.6 is 23.5 Å². The molecule has 0 atom stereocenters. The molecule has 5 nitrogen and oxygen atoms in total. The third-order valence-corrected chi connectivity index (χ3v) is 5.12. The first kappa shape index (κ1) is 17.6. The molecule has 0 bridgehead atoms. The minimum absolute atomic E-state index is 0.124. The van der Waals surface area contributed by atoms with E-state index in [0.717, 1.165) is 10.6 Å². The molecule has 0 radical (unpaired) electrons. The summed E-state index contributed by atoms with van der Waals surface area (Å²) in [6, 6.07) is 17.6. The van der Waals surface area contributed by atoms with Gasteiger partial charge in [-0.2, -0.15) is 0 Å². The maximum atomic E-state index is 12.2. The van der Waals surface area contributed by atoms with Crippen LogP contribution in [0.15, 0.2) is 68.8 Å². The molecular weight excluding hydrogens is 354 g/mol. The first-order valence-corrected chi connectivity index (χ1v) is 9.91. The van der Waals surface area contributed by atoms with Gasteiger partial charge in [0, 0.05) is 27.5 Å². The Hall–Kier alpha value is -2.25. The highest BCUT2D eigenvalue weighted by Crippen LogP contribution is 2.19. The van der Waals surface area contributed by atoms with Crippen LogP contribution in [0.4, 0.5) is 6.01 Å². The number of benzene rings is 2. The number of aromatic nitrogens is 2. The van der Waals surface area contributed by atoms with E-state index in [1.54, 1.807) is 35.7 Å². The fourth-order valence-electron chi connectivity index (χ4n) is 2.09. The fraction of sp³-hybridized carbons (Fsp3) is 0.167. The minimum atomic E-state index is -0.262. The van der Waals surface area contributed by atoms with E-state index in [4.69, 9.17) is 4.42 Å². The SMILES string of the molecule is CSc1ccc(C(=O)Nc2nnc(CCSc3ccccc3)o2)cc1. The third-order valence-electron chi connectivity index (χ3n) is 3.37. The quantitative estimate of drug-likeness (QED) is 0.622. The standard InChI is InChI=1S/C18H17N3O2S2/c1-24-14-9-7-13(8-10-14)17(22)19-18-21-20-16(23-18)11-12-25-15-5-3-2-4-6-15/h2-10H,11-12H2,1H3,(H,19,21,22). The van der Waals surface area contributed by atoms with Crippen LogP contribution in [-0.4, -0.2) is 28.1 Å². The Morgan fingerprint density at radius 3 is 2.52 bits per heavy atom. The van der Waals surface area contributed by atoms with E-state index in [1.165, 1.54) is 4.90 Å². The molecule has 25 heavy (non-hydrogen) atoms. The summed E-state index contributed by atoms with van der Waals surface area (Å²) in [6.07, 6.45) is 2.63. The lowest BCUT2D eigenvalue weighted by Gasteiger charge is -2.01. The molecule has 2 aromatic carbocycles. The zero-order chi connectivity index (χ0) is 17.5. The highest BCUT2D eigenvalue weighted by molar-refractivity contribution is 7.99. The molecule has 128 valence electrons. The molecule has 0 aliphatic carbocycles. The van der Waals surface area contributed by atoms with Crippen molar-refractivity contribution in [3.63, 3.8) is 0 Å². The second kappa shape index (κ2) is 8.73. The van der Waals surface area contributed by atoms with E-state index < -0.39 is 0 Å². The van der Waals surface area contributed by atoms with Crippen molar-refractivity contribution < 1.29 is 9.21 Å². The molecule has 0 spiro atoms. The average molecular weight is 371 g/mol. The monoisotopic (exact) mass is 371 g/mol. The number of aryl methyl sites for hydroxylation is 1. The summed E-state index contributed by atoms with van der Waals surface area (Å²) in [5.74, 6) is 1.08. The maximum Gasteiger partial charge on any atom is 0.322 e. The highest BCUT2D eigenvalue weighted by Gasteiger charge is 2.11. The Bertz CT molecular complexity index is 820. The van der Waals surface area contributed by atoms with Crippen molar-refractivity contribution in [1.29, 1.82) is 0 Å². The van der Waals surface area contributed by atoms with Gasteiger partial charge in [-0.1, -0.05) is 23.3 Å². The van der Waals surface area contributed by atoms with E-state index >= 15 is 0 Å². The number of amides is 1. The lowest BCUT2D eigenvalue weighted by Crippen LogP contribution is -2.11. The Labute approximate surface area is 154 Å². The number of carbonyl (C=O) groups is 1. The first-order chi connectivity index (χ1) is 12.2. The third kappa shape index (κ3) is 5.11. The van der Waals surface area contributed by atoms with Gasteiger partial charge in [-0.3, -0.25) is 10.1 Å². The first-order valence-electron chi connectivity index (χ1n) is 7.70. The van der Waals surface area contributed by atoms with Gasteiger partial charge in [0.25, 0.3) is 5.91 Å². The molecular formula is C18H17N3O2S2. The molecule has 1 amide bonds. The number of anilines is 1. The summed E-state index contributed by atoms with van der Waals surface area (Å²) in [4.78, 5) is 14.5. The maximum absolute atomic E-state index is 12.2. The van der Waals surface area contributed by atoms with Gasteiger partial charge in [-0.15, -0.1) is 28.6 Å². The smallest absolute Gasteiger partial charge is 0.322 e. The zero-order valence-electron chi connectivity index (χ0n) is 13.6. The second-order valence-electron chi connectivity index (χ2n) is 5.10. The van der Waals surface area contributed by atoms with Gasteiger partial charge in [0.15, 0.2) is 0 Å². The van der Waals surface area contributed by atoms with Crippen molar-refractivity contribution in [1.82, 2.24) is 10.2 Å². The molecule has 0 unspecified atom stereocenters. The summed E-state index contributed by atoms with van der Waals surface area (Å²) < 4.78 is 5.49. The number of hydrogen-bond acceptors (Lipinski definition) is 6. The number of hydrogen-bond donors (Lipinski definition) is 1. The number of nitrogens with one attached hydrogen (secondary N) is 1. The van der Waals surface area contributed by atoms with Crippen LogP contribution in [0.1, 0.15) is 16.2 Å². The molecule has 3 aromatic rings. The molecule has 1 aromatic heterocycles. The largest absolute Gasteiger partial charge is 0.408 e. The van der Waals surface area contributed by atoms with Crippen LogP contribution in [0.25, 0.3) is 0 Å². The van der Waals surface area contributed by atoms with Crippen molar-refractivity contribution in [3.05, 3.63) is 66.1 Å². The molecule has 0 fully saturated rings. The normalized spacial score (nSPS) is 10.6. The van der Waals surface area contributed by atoms with Gasteiger partial charge in [0.2, 0.25) is 5.89 Å². The van der Waals surface area contributed by atoms with E-state index in [1.807, 2.05) is 36.6 Å². The van der Waals surface area contributed by atoms with Crippen molar-refractivity contribution >= 4 is 35.4 Å². The molecule has 0 saturated carbocycles. The van der Waals surface area contributed by atoms with Crippen LogP contribution in [0, 0.1) is 0 Å². The molecule has 1 heterocycles. The van der Waals surface area contributed by atoms with E-state index in [0.29, 0.717) is 17.9 Å². The van der Waals surface area contributed by atoms with E-state index in [2.05, 4.69) is 27.6 Å². The van der Waals surface area contributed by atoms with Crippen LogP contribution in [-0.2, 0) is 6.42 Å². The van der Waals surface area contributed by atoms with Gasteiger partial charge in [-0.25, -0.2) is 0 Å². The number of thioether (sulfide) groups is 2. The summed E-state index contributed by atoms with van der Waals surface area (Å²) in [5.41, 5.74) is 0.553. The van der Waals surface area contributed by atoms with Crippen LogP contribution < -0.4 is 5.32 Å². The predicted octanol–water partition coefficient (Wildman–Crippen LogP) is 4.38. The van der Waals surface area contributed by atoms with E-state index in [9.17, 15) is 4.79 Å². The minimum Gasteiger partial charge on any atom is -0.408 e. The average Bonchev–Trinajstić information content (AvgIpc) is 3.10. The van der Waals surface area contributed by atoms with Crippen LogP contribution in [0.5, 0.6) is 0 Å². The lowest BCUT2D eigenvalue weighted by atomic mass is 10.2. The highest BCUT2D eigenvalue weighted by atomic mass is 32.2. The fourth-order valence-corrected chi connectivity index (χ4v) is 3.36. The Kier molecular flexibility index (Phi) is 6.14. The van der Waals surface area contributed by atoms with Crippen LogP contribution in [0.2, 0.25) is 0 Å². The van der Waals surface area contributed by atoms with Gasteiger partial charge in [-0.05, 0) is 42.7 Å². The molecule has 0 aliphatic rings. The summed E-state index contributed by atoms with van der Waals surface area (Å²) in [7, 11) is 0. The van der Waals surface area contributed by atoms with Gasteiger partial charge in [0.1, 0.15) is 0 Å². The van der Waals surface area contributed by atoms with Gasteiger partial charge >= 0.3 is 6.01 Å². The molecule has 0 aliphatic heterocycles. The van der Waals surface area contributed by atoms with Gasteiger partial charge in [0.05, 0.1) is 0 Å². The second-order valence-corrected chi connectivity index (χ2v) is 7.14. The predicted molar refractivity (Wildman–Crippen MR) is 101 cm³/mol. The molecule has 3 rings (SSSR count). The summed E-state index contributed by atoms with van der Waals surface area (Å²) in [6.45, 7) is 0. The lowest BCUT2D eigenvalue weighted by molar-refractivity contribution is 0.102. The van der Waals surface area contributed by atoms with Crippen molar-refractivity contribution in [2.24, 2.45) is 0 Å². The molecule has 1 N–H and O–H groups in total. The number of carbonyl (C=O) groups excluding carboxylic acids is 1. The molecule has 7 heteroatoms. The molecule has 0 saturated heterocycles. The van der Waals surface area contributed by atoms with Crippen molar-refractivity contribution in [3.8, 4) is 0 Å². The van der Waals surface area contributed by atoms with E-state index in [-0.39, 0.29) is 11.9 Å². The summed E-state index contributed by atoms with van der Waals surface area (Å²) >= 11 is 3.35. The van der Waals surface area contributed by atoms with Gasteiger partial charge < -0.3 is 4.42 Å².